The number of ether oxygens (including phenoxy) is 2. The van der Waals surface area contributed by atoms with Crippen molar-refractivity contribution in [3.8, 4) is 11.4 Å². The number of imide groups is 1. The van der Waals surface area contributed by atoms with Gasteiger partial charge in [0, 0.05) is 63.5 Å². The molecule has 0 radical (unpaired) electrons. The summed E-state index contributed by atoms with van der Waals surface area (Å²) >= 11 is 0. The fraction of sp³-hybridized carbons (Fsp3) is 0.474. The number of hydrogen-bond acceptors (Lipinski definition) is 12. The van der Waals surface area contributed by atoms with Gasteiger partial charge in [0.2, 0.25) is 17.7 Å². The zero-order valence-electron chi connectivity index (χ0n) is 46.5. The summed E-state index contributed by atoms with van der Waals surface area (Å²) in [6.45, 7) is 11.5. The third-order valence-corrected chi connectivity index (χ3v) is 13.4. The highest BCUT2D eigenvalue weighted by molar-refractivity contribution is 6.12. The van der Waals surface area contributed by atoms with E-state index in [1.54, 1.807) is 52.6 Å². The van der Waals surface area contributed by atoms with Gasteiger partial charge in [0.1, 0.15) is 30.3 Å². The fourth-order valence-electron chi connectivity index (χ4n) is 9.24. The first-order valence-corrected chi connectivity index (χ1v) is 27.2. The van der Waals surface area contributed by atoms with E-state index < -0.39 is 59.1 Å². The van der Waals surface area contributed by atoms with Crippen molar-refractivity contribution in [1.29, 1.82) is 0 Å². The van der Waals surface area contributed by atoms with Crippen LogP contribution in [-0.2, 0) is 46.6 Å². The van der Waals surface area contributed by atoms with E-state index in [0.717, 1.165) is 28.7 Å². The largest absolute Gasteiger partial charge is 0.445 e. The van der Waals surface area contributed by atoms with Crippen LogP contribution in [0.15, 0.2) is 84.9 Å². The third-order valence-electron chi connectivity index (χ3n) is 13.4. The van der Waals surface area contributed by atoms with Gasteiger partial charge in [-0.25, -0.2) is 32.8 Å². The number of halogens is 2. The highest BCUT2D eigenvalue weighted by atomic mass is 19.1. The van der Waals surface area contributed by atoms with Crippen molar-refractivity contribution in [2.24, 2.45) is 17.1 Å². The Balaban J connectivity index is 1.05. The first-order valence-electron chi connectivity index (χ1n) is 27.2. The molecule has 0 aliphatic carbocycles. The number of anilines is 1. The van der Waals surface area contributed by atoms with Crippen LogP contribution in [0.4, 0.5) is 28.9 Å². The van der Waals surface area contributed by atoms with E-state index in [4.69, 9.17) is 25.3 Å². The van der Waals surface area contributed by atoms with Gasteiger partial charge >= 0.3 is 18.2 Å². The second-order valence-electron chi connectivity index (χ2n) is 21.2. The number of urea groups is 2. The van der Waals surface area contributed by atoms with Crippen molar-refractivity contribution in [2.75, 3.05) is 57.8 Å². The van der Waals surface area contributed by atoms with E-state index >= 15 is 4.39 Å². The van der Waals surface area contributed by atoms with Gasteiger partial charge in [-0.2, -0.15) is 5.10 Å². The standard InChI is InChI=1S/C57H74F2N12O10/c1-37(2)48(65-45(72)17-10-7-11-28-69-46(73)24-25-47(69)74)53(76)64-44(16-12-26-61-54(60)77)52(75)63-41-21-18-39(19-22-41)36-81-55(78)62-27-13-29-70(56(79)68-30-32-80-33-31-68)49(57(3,4)5)51-66-50(42-34-40(58)20-23-43(42)59)67-71(51)35-38-14-8-6-9-15-38/h6,8-9,14-15,18-25,34,37,44,48-49H,7,10-13,16-17,26-33,35-36H2,1-5H3,(H,62,78)(H,63,75)(H,64,76)(H,65,72)(H3,60,61,77)/t44-,48-,49-/m0/s1. The molecule has 24 heteroatoms. The van der Waals surface area contributed by atoms with Crippen molar-refractivity contribution in [3.63, 3.8) is 0 Å². The van der Waals surface area contributed by atoms with Crippen LogP contribution in [0.25, 0.3) is 11.4 Å². The van der Waals surface area contributed by atoms with E-state index in [2.05, 4.69) is 26.6 Å². The second-order valence-corrected chi connectivity index (χ2v) is 21.2. The van der Waals surface area contributed by atoms with Crippen LogP contribution in [0.2, 0.25) is 0 Å². The zero-order valence-corrected chi connectivity index (χ0v) is 46.5. The summed E-state index contributed by atoms with van der Waals surface area (Å²) < 4.78 is 42.5. The minimum Gasteiger partial charge on any atom is -0.445 e. The highest BCUT2D eigenvalue weighted by Gasteiger charge is 2.41. The highest BCUT2D eigenvalue weighted by Crippen LogP contribution is 2.39. The monoisotopic (exact) mass is 1120 g/mol. The molecule has 1 fully saturated rings. The Morgan fingerprint density at radius 3 is 2.17 bits per heavy atom. The molecule has 4 aromatic rings. The van der Waals surface area contributed by atoms with E-state index in [9.17, 15) is 42.7 Å². The Morgan fingerprint density at radius 1 is 0.815 bits per heavy atom. The van der Waals surface area contributed by atoms with Crippen molar-refractivity contribution in [3.05, 3.63) is 114 Å². The zero-order chi connectivity index (χ0) is 58.6. The number of amides is 10. The molecule has 0 bridgehead atoms. The smallest absolute Gasteiger partial charge is 0.407 e. The predicted octanol–water partition coefficient (Wildman–Crippen LogP) is 5.93. The van der Waals surface area contributed by atoms with Crippen LogP contribution in [0.3, 0.4) is 0 Å². The van der Waals surface area contributed by atoms with Crippen LogP contribution < -0.4 is 32.3 Å². The lowest BCUT2D eigenvalue weighted by Crippen LogP contribution is -2.54. The topological polar surface area (TPSA) is 282 Å². The number of aromatic nitrogens is 3. The van der Waals surface area contributed by atoms with Crippen LogP contribution in [0, 0.1) is 23.0 Å². The van der Waals surface area contributed by atoms with Gasteiger partial charge in [-0.1, -0.05) is 83.5 Å². The number of carbonyl (C=O) groups is 8. The minimum atomic E-state index is -1.09. The van der Waals surface area contributed by atoms with E-state index in [1.807, 2.05) is 51.1 Å². The number of rotatable bonds is 27. The Bertz CT molecular complexity index is 2840. The van der Waals surface area contributed by atoms with Crippen LogP contribution in [0.1, 0.15) is 103 Å². The Morgan fingerprint density at radius 2 is 1.51 bits per heavy atom. The summed E-state index contributed by atoms with van der Waals surface area (Å²) in [5, 5.41) is 18.2. The third kappa shape index (κ3) is 18.7. The first kappa shape index (κ1) is 61.9. The minimum absolute atomic E-state index is 0.0395. The summed E-state index contributed by atoms with van der Waals surface area (Å²) in [4.78, 5) is 112. The van der Waals surface area contributed by atoms with Crippen LogP contribution in [0.5, 0.6) is 0 Å². The molecule has 3 heterocycles. The first-order chi connectivity index (χ1) is 38.7. The van der Waals surface area contributed by atoms with Crippen molar-refractivity contribution in [2.45, 2.75) is 111 Å². The normalized spacial score (nSPS) is 14.5. The van der Waals surface area contributed by atoms with Gasteiger partial charge in [-0.05, 0) is 84.9 Å². The van der Waals surface area contributed by atoms with Gasteiger partial charge in [-0.15, -0.1) is 0 Å². The molecule has 10 amide bonds. The molecule has 22 nitrogen and oxygen atoms in total. The van der Waals surface area contributed by atoms with Gasteiger partial charge in [0.15, 0.2) is 11.6 Å². The molecule has 2 aliphatic heterocycles. The number of nitrogens with two attached hydrogens (primary N) is 1. The van der Waals surface area contributed by atoms with Crippen molar-refractivity contribution < 1.29 is 56.6 Å². The Labute approximate surface area is 469 Å². The molecular weight excluding hydrogens is 1050 g/mol. The van der Waals surface area contributed by atoms with E-state index in [1.165, 1.54) is 12.2 Å². The number of alkyl carbamates (subject to hydrolysis) is 1. The predicted molar refractivity (Wildman–Crippen MR) is 295 cm³/mol. The number of benzene rings is 3. The molecule has 436 valence electrons. The maximum absolute atomic E-state index is 15.3. The van der Waals surface area contributed by atoms with Gasteiger partial charge in [-0.3, -0.25) is 28.9 Å². The maximum atomic E-state index is 15.3. The van der Waals surface area contributed by atoms with Crippen LogP contribution >= 0.6 is 0 Å². The number of unbranched alkanes of at least 4 members (excludes halogenated alkanes) is 2. The number of morpholine rings is 1. The quantitative estimate of drug-likeness (QED) is 0.0300. The van der Waals surface area contributed by atoms with Gasteiger partial charge < -0.3 is 51.6 Å². The molecule has 0 unspecified atom stereocenters. The molecule has 1 aromatic heterocycles. The lowest BCUT2D eigenvalue weighted by atomic mass is 9.84. The number of carbonyl (C=O) groups excluding carboxylic acids is 8. The number of hydrogen-bond donors (Lipinski definition) is 6. The molecule has 2 aliphatic rings. The molecule has 6 rings (SSSR count). The molecule has 3 aromatic carbocycles. The van der Waals surface area contributed by atoms with Gasteiger partial charge in [0.25, 0.3) is 11.8 Å². The summed E-state index contributed by atoms with van der Waals surface area (Å²) in [6, 6.07) is 15.2. The lowest BCUT2D eigenvalue weighted by Gasteiger charge is -2.42. The number of primary amides is 1. The van der Waals surface area contributed by atoms with Crippen molar-refractivity contribution in [1.82, 2.24) is 50.7 Å². The SMILES string of the molecule is CC(C)[C@H](NC(=O)CCCCCN1C(=O)C=CC1=O)C(=O)N[C@@H](CCCNC(N)=O)C(=O)Nc1ccc(COC(=O)NCCCN(C(=O)N2CCOCC2)[C@@H](c2nc(-c3cc(F)ccc3F)nn2Cc2ccccc2)C(C)(C)C)cc1. The fourth-order valence-corrected chi connectivity index (χ4v) is 9.24. The molecule has 0 saturated carbocycles. The molecule has 0 spiro atoms. The maximum Gasteiger partial charge on any atom is 0.407 e. The van der Waals surface area contributed by atoms with Crippen LogP contribution in [-0.4, -0.2) is 142 Å². The lowest BCUT2D eigenvalue weighted by molar-refractivity contribution is -0.137. The average molecular weight is 1130 g/mol. The Kier molecular flexibility index (Phi) is 22.8. The molecule has 3 atom stereocenters. The number of nitrogens with zero attached hydrogens (tertiary/aromatic N) is 6. The number of nitrogens with one attached hydrogen (secondary N) is 5. The molecule has 7 N–H and O–H groups in total. The second kappa shape index (κ2) is 29.8. The van der Waals surface area contributed by atoms with E-state index in [-0.39, 0.29) is 106 Å². The Hall–Kier alpha value is -8.28. The summed E-state index contributed by atoms with van der Waals surface area (Å²) in [6.07, 6.45) is 4.01. The van der Waals surface area contributed by atoms with E-state index in [0.29, 0.717) is 62.6 Å². The summed E-state index contributed by atoms with van der Waals surface area (Å²) in [5.41, 5.74) is 6.23. The van der Waals surface area contributed by atoms with Gasteiger partial charge in [0.05, 0.1) is 31.4 Å². The summed E-state index contributed by atoms with van der Waals surface area (Å²) in [7, 11) is 0. The molecule has 1 saturated heterocycles. The average Bonchev–Trinajstić information content (AvgIpc) is 4.26. The van der Waals surface area contributed by atoms with Crippen molar-refractivity contribution >= 4 is 53.4 Å². The molecule has 81 heavy (non-hydrogen) atoms. The summed E-state index contributed by atoms with van der Waals surface area (Å²) in [5.74, 6) is -3.68. The molecular formula is C57H74F2N12O10.